The molecule has 1 heterocycles. The molecule has 2 aromatic rings. The highest BCUT2D eigenvalue weighted by molar-refractivity contribution is 6.34. The fourth-order valence-corrected chi connectivity index (χ4v) is 2.60. The van der Waals surface area contributed by atoms with E-state index in [1.54, 1.807) is 13.2 Å². The Bertz CT molecular complexity index is 552. The second-order valence-electron chi connectivity index (χ2n) is 4.49. The van der Waals surface area contributed by atoms with Gasteiger partial charge in [-0.15, -0.1) is 0 Å². The quantitative estimate of drug-likeness (QED) is 0.826. The number of pyridine rings is 1. The summed E-state index contributed by atoms with van der Waals surface area (Å²) in [6, 6.07) is 11.8. The Morgan fingerprint density at radius 3 is 2.55 bits per heavy atom. The van der Waals surface area contributed by atoms with Crippen molar-refractivity contribution in [2.45, 2.75) is 13.0 Å². The van der Waals surface area contributed by atoms with E-state index in [0.29, 0.717) is 16.9 Å². The van der Waals surface area contributed by atoms with Crippen LogP contribution in [0, 0.1) is 6.92 Å². The van der Waals surface area contributed by atoms with Crippen molar-refractivity contribution in [1.82, 2.24) is 4.98 Å². The maximum absolute atomic E-state index is 6.17. The van der Waals surface area contributed by atoms with Crippen molar-refractivity contribution in [2.75, 3.05) is 19.0 Å². The van der Waals surface area contributed by atoms with Crippen LogP contribution in [0.2, 0.25) is 10.3 Å². The highest BCUT2D eigenvalue weighted by Crippen LogP contribution is 2.30. The number of anilines is 1. The van der Waals surface area contributed by atoms with Gasteiger partial charge in [0.2, 0.25) is 0 Å². The van der Waals surface area contributed by atoms with E-state index in [1.807, 2.05) is 37.3 Å². The molecule has 3 nitrogen and oxygen atoms in total. The van der Waals surface area contributed by atoms with Crippen molar-refractivity contribution in [3.05, 3.63) is 57.8 Å². The van der Waals surface area contributed by atoms with Crippen LogP contribution in [0.15, 0.2) is 36.4 Å². The summed E-state index contributed by atoms with van der Waals surface area (Å²) in [5, 5.41) is 4.14. The molecule has 0 radical (unpaired) electrons. The maximum Gasteiger partial charge on any atom is 0.154 e. The standard InChI is InChI=1S/C15H16Cl2N2O/c1-10-8-13(16)19-15(17)14(10)18-12(9-20-2)11-6-4-3-5-7-11/h3-8,12,18H,9H2,1-2H3. The number of aryl methyl sites for hydroxylation is 1. The smallest absolute Gasteiger partial charge is 0.154 e. The molecule has 0 aliphatic heterocycles. The zero-order valence-electron chi connectivity index (χ0n) is 11.4. The fourth-order valence-electron chi connectivity index (χ4n) is 2.02. The first-order valence-corrected chi connectivity index (χ1v) is 7.00. The molecule has 1 unspecified atom stereocenters. The number of nitrogens with zero attached hydrogens (tertiary/aromatic N) is 1. The minimum Gasteiger partial charge on any atom is -0.382 e. The van der Waals surface area contributed by atoms with Gasteiger partial charge in [-0.3, -0.25) is 0 Å². The van der Waals surface area contributed by atoms with Crippen LogP contribution >= 0.6 is 23.2 Å². The topological polar surface area (TPSA) is 34.1 Å². The first-order chi connectivity index (χ1) is 9.61. The SMILES string of the molecule is COCC(Nc1c(C)cc(Cl)nc1Cl)c1ccccc1. The van der Waals surface area contributed by atoms with Gasteiger partial charge in [0.25, 0.3) is 0 Å². The molecule has 0 spiro atoms. The molecule has 20 heavy (non-hydrogen) atoms. The van der Waals surface area contributed by atoms with Crippen molar-refractivity contribution in [3.63, 3.8) is 0 Å². The van der Waals surface area contributed by atoms with Crippen molar-refractivity contribution < 1.29 is 4.74 Å². The molecule has 1 aromatic heterocycles. The third kappa shape index (κ3) is 3.63. The Kier molecular flexibility index (Phi) is 5.24. The predicted octanol–water partition coefficient (Wildman–Crippen LogP) is 4.50. The average molecular weight is 311 g/mol. The maximum atomic E-state index is 6.17. The van der Waals surface area contributed by atoms with Crippen LogP contribution in [0.1, 0.15) is 17.2 Å². The summed E-state index contributed by atoms with van der Waals surface area (Å²) in [6.45, 7) is 2.47. The van der Waals surface area contributed by atoms with Gasteiger partial charge in [-0.25, -0.2) is 4.98 Å². The lowest BCUT2D eigenvalue weighted by atomic mass is 10.1. The summed E-state index contributed by atoms with van der Waals surface area (Å²) in [7, 11) is 1.67. The summed E-state index contributed by atoms with van der Waals surface area (Å²) in [5.41, 5.74) is 2.86. The third-order valence-electron chi connectivity index (χ3n) is 3.00. The lowest BCUT2D eigenvalue weighted by Crippen LogP contribution is -2.17. The Hall–Kier alpha value is -1.29. The van der Waals surface area contributed by atoms with Gasteiger partial charge >= 0.3 is 0 Å². The second kappa shape index (κ2) is 6.93. The summed E-state index contributed by atoms with van der Waals surface area (Å²) < 4.78 is 5.28. The van der Waals surface area contributed by atoms with Crippen molar-refractivity contribution in [2.24, 2.45) is 0 Å². The number of methoxy groups -OCH3 is 1. The highest BCUT2D eigenvalue weighted by Gasteiger charge is 2.15. The molecule has 0 amide bonds. The Morgan fingerprint density at radius 2 is 1.95 bits per heavy atom. The first kappa shape index (κ1) is 15.1. The van der Waals surface area contributed by atoms with Crippen LogP contribution in [-0.2, 0) is 4.74 Å². The van der Waals surface area contributed by atoms with Crippen LogP contribution in [0.25, 0.3) is 0 Å². The van der Waals surface area contributed by atoms with E-state index in [9.17, 15) is 0 Å². The molecule has 0 fully saturated rings. The number of rotatable bonds is 5. The first-order valence-electron chi connectivity index (χ1n) is 6.25. The molecule has 0 saturated heterocycles. The van der Waals surface area contributed by atoms with Gasteiger partial charge in [-0.2, -0.15) is 0 Å². The predicted molar refractivity (Wildman–Crippen MR) is 83.7 cm³/mol. The van der Waals surface area contributed by atoms with Crippen molar-refractivity contribution in [1.29, 1.82) is 0 Å². The van der Waals surface area contributed by atoms with Crippen LogP contribution in [-0.4, -0.2) is 18.7 Å². The minimum absolute atomic E-state index is 0.000348. The lowest BCUT2D eigenvalue weighted by Gasteiger charge is -2.21. The van der Waals surface area contributed by atoms with Gasteiger partial charge in [-0.05, 0) is 24.1 Å². The van der Waals surface area contributed by atoms with Gasteiger partial charge < -0.3 is 10.1 Å². The van der Waals surface area contributed by atoms with E-state index >= 15 is 0 Å². The molecular weight excluding hydrogens is 295 g/mol. The number of hydrogen-bond donors (Lipinski definition) is 1. The molecule has 106 valence electrons. The number of hydrogen-bond acceptors (Lipinski definition) is 3. The highest BCUT2D eigenvalue weighted by atomic mass is 35.5. The van der Waals surface area contributed by atoms with Gasteiger partial charge in [0, 0.05) is 7.11 Å². The summed E-state index contributed by atoms with van der Waals surface area (Å²) in [4.78, 5) is 4.07. The Labute approximate surface area is 128 Å². The van der Waals surface area contributed by atoms with Gasteiger partial charge in [0.15, 0.2) is 5.15 Å². The van der Waals surface area contributed by atoms with Crippen LogP contribution in [0.5, 0.6) is 0 Å². The van der Waals surface area contributed by atoms with E-state index in [4.69, 9.17) is 27.9 Å². The monoisotopic (exact) mass is 310 g/mol. The molecule has 1 atom stereocenters. The number of benzene rings is 1. The lowest BCUT2D eigenvalue weighted by molar-refractivity contribution is 0.186. The van der Waals surface area contributed by atoms with E-state index in [0.717, 1.165) is 16.8 Å². The molecule has 1 aromatic carbocycles. The van der Waals surface area contributed by atoms with Gasteiger partial charge in [0.1, 0.15) is 5.15 Å². The fraction of sp³-hybridized carbons (Fsp3) is 0.267. The van der Waals surface area contributed by atoms with Gasteiger partial charge in [0.05, 0.1) is 18.3 Å². The second-order valence-corrected chi connectivity index (χ2v) is 5.24. The normalized spacial score (nSPS) is 12.2. The van der Waals surface area contributed by atoms with E-state index in [1.165, 1.54) is 0 Å². The van der Waals surface area contributed by atoms with Crippen LogP contribution in [0.3, 0.4) is 0 Å². The molecule has 0 saturated carbocycles. The Balaban J connectivity index is 2.30. The zero-order valence-corrected chi connectivity index (χ0v) is 12.9. The van der Waals surface area contributed by atoms with Crippen molar-refractivity contribution >= 4 is 28.9 Å². The summed E-state index contributed by atoms with van der Waals surface area (Å²) >= 11 is 12.1. The number of ether oxygens (including phenoxy) is 1. The molecule has 5 heteroatoms. The summed E-state index contributed by atoms with van der Waals surface area (Å²) in [6.07, 6.45) is 0. The van der Waals surface area contributed by atoms with Crippen LogP contribution < -0.4 is 5.32 Å². The number of nitrogens with one attached hydrogen (secondary N) is 1. The molecule has 2 rings (SSSR count). The molecule has 0 bridgehead atoms. The zero-order chi connectivity index (χ0) is 14.5. The Morgan fingerprint density at radius 1 is 1.25 bits per heavy atom. The van der Waals surface area contributed by atoms with Crippen molar-refractivity contribution in [3.8, 4) is 0 Å². The molecule has 0 aliphatic rings. The average Bonchev–Trinajstić information content (AvgIpc) is 2.42. The molecule has 1 N–H and O–H groups in total. The largest absolute Gasteiger partial charge is 0.382 e. The van der Waals surface area contributed by atoms with Gasteiger partial charge in [-0.1, -0.05) is 53.5 Å². The van der Waals surface area contributed by atoms with E-state index in [2.05, 4.69) is 10.3 Å². The van der Waals surface area contributed by atoms with E-state index < -0.39 is 0 Å². The third-order valence-corrected chi connectivity index (χ3v) is 3.46. The minimum atomic E-state index is 0.000348. The number of halogens is 2. The van der Waals surface area contributed by atoms with E-state index in [-0.39, 0.29) is 6.04 Å². The molecule has 0 aliphatic carbocycles. The molecular formula is C15H16Cl2N2O. The van der Waals surface area contributed by atoms with Crippen LogP contribution in [0.4, 0.5) is 5.69 Å². The summed E-state index contributed by atoms with van der Waals surface area (Å²) in [5.74, 6) is 0. The number of aromatic nitrogens is 1.